The summed E-state index contributed by atoms with van der Waals surface area (Å²) in [5.74, 6) is -2.67. The predicted octanol–water partition coefficient (Wildman–Crippen LogP) is 1.91. The third-order valence-electron chi connectivity index (χ3n) is 12.1. The number of aliphatic hydroxyl groups excluding tert-OH is 3. The van der Waals surface area contributed by atoms with Gasteiger partial charge in [0.25, 0.3) is 0 Å². The zero-order chi connectivity index (χ0) is 32.1. The number of ether oxygens (including phenoxy) is 3. The van der Waals surface area contributed by atoms with Gasteiger partial charge in [-0.1, -0.05) is 55.5 Å². The molecule has 1 heterocycles. The summed E-state index contributed by atoms with van der Waals surface area (Å²) in [6, 6.07) is 17.2. The van der Waals surface area contributed by atoms with Crippen molar-refractivity contribution < 1.29 is 49.0 Å². The molecule has 2 aromatic carbocycles. The Labute approximate surface area is 260 Å². The number of carbonyl (C=O) groups is 3. The third kappa shape index (κ3) is 3.60. The number of esters is 2. The number of benzene rings is 2. The summed E-state index contributed by atoms with van der Waals surface area (Å²) >= 11 is 0. The van der Waals surface area contributed by atoms with Crippen molar-refractivity contribution in [3.05, 3.63) is 82.9 Å². The molecule has 7 rings (SSSR count). The third-order valence-corrected chi connectivity index (χ3v) is 12.1. The molecule has 11 atom stereocenters. The molecule has 1 aliphatic heterocycles. The van der Waals surface area contributed by atoms with E-state index in [-0.39, 0.29) is 42.9 Å². The van der Waals surface area contributed by atoms with E-state index in [9.17, 15) is 34.8 Å². The minimum Gasteiger partial charge on any atom is -0.456 e. The van der Waals surface area contributed by atoms with Gasteiger partial charge < -0.3 is 34.6 Å². The van der Waals surface area contributed by atoms with Crippen molar-refractivity contribution in [2.45, 2.75) is 82.3 Å². The van der Waals surface area contributed by atoms with Crippen LogP contribution in [0.1, 0.15) is 49.5 Å². The molecule has 0 aromatic heterocycles. The van der Waals surface area contributed by atoms with Gasteiger partial charge in [-0.15, -0.1) is 0 Å². The van der Waals surface area contributed by atoms with Crippen LogP contribution in [0.2, 0.25) is 0 Å². The fraction of sp³-hybridized carbons (Fsp3) is 0.514. The highest BCUT2D eigenvalue weighted by Gasteiger charge is 2.94. The topological polar surface area (TPSA) is 160 Å². The molecule has 4 aliphatic carbocycles. The van der Waals surface area contributed by atoms with Crippen LogP contribution in [0.5, 0.6) is 0 Å². The van der Waals surface area contributed by atoms with E-state index in [0.717, 1.165) is 5.56 Å². The van der Waals surface area contributed by atoms with Gasteiger partial charge in [0.15, 0.2) is 11.9 Å². The summed E-state index contributed by atoms with van der Waals surface area (Å²) < 4.78 is 17.9. The van der Waals surface area contributed by atoms with Crippen LogP contribution in [-0.4, -0.2) is 87.0 Å². The zero-order valence-corrected chi connectivity index (χ0v) is 25.4. The normalized spacial score (nSPS) is 41.8. The van der Waals surface area contributed by atoms with E-state index < -0.39 is 76.2 Å². The number of Topliss-reactive ketones (excluding diaryl/α,β-unsaturated/α-hetero) is 1. The lowest BCUT2D eigenvalue weighted by Gasteiger charge is -2.84. The molecule has 0 radical (unpaired) electrons. The molecule has 2 aromatic rings. The van der Waals surface area contributed by atoms with Gasteiger partial charge in [0.1, 0.15) is 23.9 Å². The zero-order valence-electron chi connectivity index (χ0n) is 25.4. The molecule has 0 bridgehead atoms. The Morgan fingerprint density at radius 3 is 2.29 bits per heavy atom. The van der Waals surface area contributed by atoms with E-state index in [2.05, 4.69) is 0 Å². The van der Waals surface area contributed by atoms with Gasteiger partial charge in [-0.25, -0.2) is 9.59 Å². The average Bonchev–Trinajstić information content (AvgIpc) is 3.02. The van der Waals surface area contributed by atoms with E-state index in [0.29, 0.717) is 5.57 Å². The molecule has 3 saturated carbocycles. The van der Waals surface area contributed by atoms with Crippen LogP contribution in [0.3, 0.4) is 0 Å². The van der Waals surface area contributed by atoms with Gasteiger partial charge in [0.2, 0.25) is 0 Å². The van der Waals surface area contributed by atoms with Crippen molar-refractivity contribution in [3.63, 3.8) is 0 Å². The van der Waals surface area contributed by atoms with Crippen LogP contribution in [0.15, 0.2) is 71.8 Å². The van der Waals surface area contributed by atoms with Crippen molar-refractivity contribution in [2.75, 3.05) is 6.61 Å². The average molecular weight is 619 g/mol. The van der Waals surface area contributed by atoms with Crippen molar-refractivity contribution in [3.8, 4) is 0 Å². The number of ketones is 1. The summed E-state index contributed by atoms with van der Waals surface area (Å²) in [7, 11) is 0. The van der Waals surface area contributed by atoms with Gasteiger partial charge in [-0.05, 0) is 42.7 Å². The fourth-order valence-electron chi connectivity index (χ4n) is 9.89. The van der Waals surface area contributed by atoms with E-state index >= 15 is 0 Å². The molecule has 0 amide bonds. The van der Waals surface area contributed by atoms with E-state index in [1.165, 1.54) is 0 Å². The van der Waals surface area contributed by atoms with Crippen molar-refractivity contribution in [1.29, 1.82) is 0 Å². The highest BCUT2D eigenvalue weighted by atomic mass is 16.6. The fourth-order valence-corrected chi connectivity index (χ4v) is 9.89. The summed E-state index contributed by atoms with van der Waals surface area (Å²) in [6.07, 6.45) is -7.43. The molecule has 1 spiro atoms. The Hall–Kier alpha value is -3.41. The molecule has 238 valence electrons. The lowest BCUT2D eigenvalue weighted by atomic mass is 9.21. The monoisotopic (exact) mass is 618 g/mol. The number of hydrogen-bond acceptors (Lipinski definition) is 10. The van der Waals surface area contributed by atoms with Gasteiger partial charge in [-0.2, -0.15) is 0 Å². The summed E-state index contributed by atoms with van der Waals surface area (Å²) in [6.45, 7) is 5.22. The molecule has 5 aliphatic rings. The largest absolute Gasteiger partial charge is 0.456 e. The van der Waals surface area contributed by atoms with Gasteiger partial charge in [0, 0.05) is 36.0 Å². The highest BCUT2D eigenvalue weighted by Crippen LogP contribution is 2.84. The molecule has 4 fully saturated rings. The number of hydrogen-bond donors (Lipinski definition) is 4. The highest BCUT2D eigenvalue weighted by molar-refractivity contribution is 5.97. The molecule has 45 heavy (non-hydrogen) atoms. The number of fused-ring (bicyclic) bond motifs is 1. The molecular weight excluding hydrogens is 580 g/mol. The predicted molar refractivity (Wildman–Crippen MR) is 157 cm³/mol. The molecule has 4 N–H and O–H groups in total. The van der Waals surface area contributed by atoms with E-state index in [4.69, 9.17) is 14.2 Å². The van der Waals surface area contributed by atoms with Gasteiger partial charge in [0.05, 0.1) is 29.8 Å². The first-order valence-corrected chi connectivity index (χ1v) is 15.5. The standard InChI is InChI=1S/C35H38O10/c1-18-24(44-30(41)22(36)14-19-10-6-4-7-11-19)16-34(42)31(45-29(40)20-12-8-5-9-13-20)35-21-17-43-23(21)15-25(37)32(35,2)28(39)27(38)26(18)33(34,35)3/h4-13,21-25,27,31,36-38,42H,14-17H2,1-3H3/t21-,22-,23?,24+,25?,27?,31-,32?,33+,34?,35?/m1/s1. The Bertz CT molecular complexity index is 1590. The second kappa shape index (κ2) is 10.0. The van der Waals surface area contributed by atoms with Crippen LogP contribution in [-0.2, 0) is 30.2 Å². The Morgan fingerprint density at radius 1 is 1.02 bits per heavy atom. The second-order valence-corrected chi connectivity index (χ2v) is 13.7. The Kier molecular flexibility index (Phi) is 6.75. The van der Waals surface area contributed by atoms with Crippen LogP contribution >= 0.6 is 0 Å². The first-order chi connectivity index (χ1) is 21.3. The van der Waals surface area contributed by atoms with Crippen molar-refractivity contribution in [1.82, 2.24) is 0 Å². The lowest BCUT2D eigenvalue weighted by Crippen LogP contribution is -2.95. The van der Waals surface area contributed by atoms with Crippen LogP contribution in [0, 0.1) is 22.2 Å². The maximum absolute atomic E-state index is 14.3. The molecule has 10 nitrogen and oxygen atoms in total. The Morgan fingerprint density at radius 2 is 1.67 bits per heavy atom. The van der Waals surface area contributed by atoms with Gasteiger partial charge >= 0.3 is 11.9 Å². The van der Waals surface area contributed by atoms with E-state index in [1.807, 2.05) is 6.07 Å². The number of carbonyl (C=O) groups excluding carboxylic acids is 3. The maximum atomic E-state index is 14.3. The molecule has 1 saturated heterocycles. The molecule has 6 unspecified atom stereocenters. The number of rotatable bonds is 6. The Balaban J connectivity index is 1.34. The summed E-state index contributed by atoms with van der Waals surface area (Å²) in [4.78, 5) is 41.2. The number of aliphatic hydroxyl groups is 4. The van der Waals surface area contributed by atoms with Crippen molar-refractivity contribution >= 4 is 17.7 Å². The van der Waals surface area contributed by atoms with E-state index in [1.54, 1.807) is 75.4 Å². The lowest BCUT2D eigenvalue weighted by molar-refractivity contribution is -0.431. The minimum atomic E-state index is -1.91. The van der Waals surface area contributed by atoms with Crippen LogP contribution in [0.4, 0.5) is 0 Å². The quantitative estimate of drug-likeness (QED) is 0.278. The maximum Gasteiger partial charge on any atom is 0.338 e. The summed E-state index contributed by atoms with van der Waals surface area (Å²) in [5.41, 5.74) is -4.68. The second-order valence-electron chi connectivity index (χ2n) is 13.7. The first kappa shape index (κ1) is 30.3. The van der Waals surface area contributed by atoms with Crippen LogP contribution < -0.4 is 0 Å². The molecule has 10 heteroatoms. The first-order valence-electron chi connectivity index (χ1n) is 15.5. The van der Waals surface area contributed by atoms with Crippen molar-refractivity contribution in [2.24, 2.45) is 22.2 Å². The smallest absolute Gasteiger partial charge is 0.338 e. The summed E-state index contributed by atoms with van der Waals surface area (Å²) in [5, 5.41) is 46.8. The molecular formula is C35H38O10. The SMILES string of the molecule is CC1=C2C(O)C(=O)C3(C)C(O)CC4OC[C@H]4C34[C@H](OC(=O)c3ccccc3)C(O)(C[C@@H]1OC(=O)[C@H](O)Cc1ccccc1)[C@]24C. The van der Waals surface area contributed by atoms with Crippen LogP contribution in [0.25, 0.3) is 0 Å². The van der Waals surface area contributed by atoms with Gasteiger partial charge in [-0.3, -0.25) is 4.79 Å². The minimum absolute atomic E-state index is 0.00480.